The summed E-state index contributed by atoms with van der Waals surface area (Å²) in [5, 5.41) is 12.9. The Morgan fingerprint density at radius 1 is 0.857 bits per heavy atom. The number of likely N-dealkylation sites (tertiary alicyclic amines) is 1. The van der Waals surface area contributed by atoms with Crippen LogP contribution in [0.1, 0.15) is 18.4 Å². The predicted octanol–water partition coefficient (Wildman–Crippen LogP) is 6.27. The Hall–Kier alpha value is -4.66. The number of thioether (sulfide) groups is 1. The summed E-state index contributed by atoms with van der Waals surface area (Å²) in [6, 6.07) is 31.6. The number of benzene rings is 4. The van der Waals surface area contributed by atoms with E-state index in [2.05, 4.69) is 13.2 Å². The van der Waals surface area contributed by atoms with Crippen LogP contribution in [-0.2, 0) is 20.8 Å². The fraction of sp³-hybridized carbons (Fsp3) is 0.293. The molecule has 1 N–H and O–H groups in total. The summed E-state index contributed by atoms with van der Waals surface area (Å²) in [6.45, 7) is 8.12. The van der Waals surface area contributed by atoms with Gasteiger partial charge in [-0.15, -0.1) is 24.9 Å². The van der Waals surface area contributed by atoms with Crippen LogP contribution in [0.5, 0.6) is 0 Å². The molecule has 4 aromatic carbocycles. The second kappa shape index (κ2) is 13.7. The number of para-hydroxylation sites is 1. The first kappa shape index (κ1) is 32.9. The third kappa shape index (κ3) is 5.67. The molecule has 2 unspecified atom stereocenters. The van der Waals surface area contributed by atoms with Crippen molar-refractivity contribution in [3.8, 4) is 0 Å². The molecule has 3 aliphatic rings. The molecule has 250 valence electrons. The Balaban J connectivity index is 1.33. The van der Waals surface area contributed by atoms with Crippen LogP contribution in [0.25, 0.3) is 10.8 Å². The first-order chi connectivity index (χ1) is 23.9. The van der Waals surface area contributed by atoms with E-state index in [4.69, 9.17) is 0 Å². The largest absolute Gasteiger partial charge is 0.394 e. The van der Waals surface area contributed by atoms with Crippen LogP contribution in [0.15, 0.2) is 128 Å². The Bertz CT molecular complexity index is 1880. The normalized spacial score (nSPS) is 24.4. The van der Waals surface area contributed by atoms with Gasteiger partial charge in [0, 0.05) is 29.7 Å². The standard InChI is InChI=1S/C41H41N3O4S/c1-3-23-42(31-17-9-6-10-18-31)38(46)35-34-21-22-41(49-34)36(35)39(47)44(33(27-45)25-28-13-7-5-8-14-28)37(41)40(48)43(24-4-2)32-20-19-29-15-11-12-16-30(29)26-32/h3-20,26,33-37,45H,1-2,21-25,27H2/t33-,34+,35-,36+,37?,41?/m1/s1. The Morgan fingerprint density at radius 2 is 1.49 bits per heavy atom. The molecule has 6 atom stereocenters. The molecule has 3 heterocycles. The first-order valence-electron chi connectivity index (χ1n) is 16.9. The molecular formula is C41H41N3O4S. The van der Waals surface area contributed by atoms with Gasteiger partial charge in [-0.2, -0.15) is 0 Å². The van der Waals surface area contributed by atoms with Gasteiger partial charge in [-0.1, -0.05) is 91.0 Å². The second-order valence-corrected chi connectivity index (χ2v) is 14.8. The zero-order valence-corrected chi connectivity index (χ0v) is 28.3. The molecule has 3 aliphatic heterocycles. The SMILES string of the molecule is C=CCN(C(=O)C1N([C@@H](CO)Cc2ccccc2)C(=O)[C@@H]2[C@H](C(=O)N(CC=C)c3ccccc3)[C@@H]3CCC12S3)c1ccc2ccccc2c1. The van der Waals surface area contributed by atoms with E-state index >= 15 is 9.59 Å². The van der Waals surface area contributed by atoms with Crippen molar-refractivity contribution in [1.82, 2.24) is 4.90 Å². The fourth-order valence-corrected chi connectivity index (χ4v) is 10.6. The number of carbonyl (C=O) groups is 3. The lowest BCUT2D eigenvalue weighted by Gasteiger charge is -2.39. The van der Waals surface area contributed by atoms with Crippen LogP contribution in [0.4, 0.5) is 11.4 Å². The molecule has 4 aromatic rings. The number of rotatable bonds is 12. The molecule has 0 saturated carbocycles. The first-order valence-corrected chi connectivity index (χ1v) is 17.8. The second-order valence-electron chi connectivity index (χ2n) is 13.2. The van der Waals surface area contributed by atoms with Crippen molar-refractivity contribution in [2.45, 2.75) is 41.3 Å². The Kier molecular flexibility index (Phi) is 9.18. The van der Waals surface area contributed by atoms with E-state index in [1.54, 1.807) is 38.6 Å². The molecule has 3 fully saturated rings. The van der Waals surface area contributed by atoms with Gasteiger partial charge >= 0.3 is 0 Å². The van der Waals surface area contributed by atoms with Crippen LogP contribution >= 0.6 is 11.8 Å². The smallest absolute Gasteiger partial charge is 0.251 e. The van der Waals surface area contributed by atoms with Crippen LogP contribution in [0, 0.1) is 11.8 Å². The fourth-order valence-electron chi connectivity index (χ4n) is 8.37. The maximum Gasteiger partial charge on any atom is 0.251 e. The van der Waals surface area contributed by atoms with Crippen LogP contribution in [-0.4, -0.2) is 69.5 Å². The molecule has 3 amide bonds. The van der Waals surface area contributed by atoms with Gasteiger partial charge in [-0.3, -0.25) is 14.4 Å². The van der Waals surface area contributed by atoms with E-state index in [0.29, 0.717) is 25.1 Å². The monoisotopic (exact) mass is 671 g/mol. The van der Waals surface area contributed by atoms with E-state index < -0.39 is 28.7 Å². The molecule has 49 heavy (non-hydrogen) atoms. The van der Waals surface area contributed by atoms with Gasteiger partial charge in [0.15, 0.2) is 0 Å². The lowest BCUT2D eigenvalue weighted by molar-refractivity contribution is -0.141. The van der Waals surface area contributed by atoms with Gasteiger partial charge in [-0.05, 0) is 59.9 Å². The summed E-state index contributed by atoms with van der Waals surface area (Å²) >= 11 is 1.64. The minimum atomic E-state index is -0.880. The van der Waals surface area contributed by atoms with Crippen molar-refractivity contribution in [2.75, 3.05) is 29.5 Å². The maximum atomic E-state index is 15.2. The van der Waals surface area contributed by atoms with Gasteiger partial charge in [0.05, 0.1) is 29.2 Å². The third-order valence-electron chi connectivity index (χ3n) is 10.4. The number of carbonyl (C=O) groups excluding carboxylic acids is 3. The van der Waals surface area contributed by atoms with E-state index in [1.807, 2.05) is 103 Å². The number of nitrogens with zero attached hydrogens (tertiary/aromatic N) is 3. The Labute approximate surface area is 291 Å². The van der Waals surface area contributed by atoms with E-state index in [-0.39, 0.29) is 36.1 Å². The van der Waals surface area contributed by atoms with Crippen molar-refractivity contribution in [3.05, 3.63) is 134 Å². The van der Waals surface area contributed by atoms with Gasteiger partial charge in [0.2, 0.25) is 11.8 Å². The highest BCUT2D eigenvalue weighted by atomic mass is 32.2. The number of anilines is 2. The number of hydrogen-bond donors (Lipinski definition) is 1. The van der Waals surface area contributed by atoms with Gasteiger partial charge in [-0.25, -0.2) is 0 Å². The van der Waals surface area contributed by atoms with Crippen LogP contribution in [0.3, 0.4) is 0 Å². The Morgan fingerprint density at radius 3 is 2.16 bits per heavy atom. The average Bonchev–Trinajstić information content (AvgIpc) is 3.79. The third-order valence-corrected chi connectivity index (χ3v) is 12.4. The number of aliphatic hydroxyl groups is 1. The average molecular weight is 672 g/mol. The quantitative estimate of drug-likeness (QED) is 0.180. The van der Waals surface area contributed by atoms with Gasteiger partial charge in [0.1, 0.15) is 6.04 Å². The molecule has 8 heteroatoms. The van der Waals surface area contributed by atoms with Crippen molar-refractivity contribution < 1.29 is 19.5 Å². The summed E-state index contributed by atoms with van der Waals surface area (Å²) in [5.74, 6) is -1.90. The topological polar surface area (TPSA) is 81.2 Å². The molecule has 0 aliphatic carbocycles. The van der Waals surface area contributed by atoms with Gasteiger partial charge < -0.3 is 19.8 Å². The molecule has 2 bridgehead atoms. The van der Waals surface area contributed by atoms with Crippen molar-refractivity contribution in [3.63, 3.8) is 0 Å². The van der Waals surface area contributed by atoms with E-state index in [9.17, 15) is 9.90 Å². The highest BCUT2D eigenvalue weighted by molar-refractivity contribution is 8.02. The van der Waals surface area contributed by atoms with Crippen LogP contribution < -0.4 is 9.80 Å². The van der Waals surface area contributed by atoms with Gasteiger partial charge in [0.25, 0.3) is 5.91 Å². The molecule has 7 rings (SSSR count). The summed E-state index contributed by atoms with van der Waals surface area (Å²) in [6.07, 6.45) is 5.14. The zero-order valence-electron chi connectivity index (χ0n) is 27.4. The molecule has 3 saturated heterocycles. The number of aliphatic hydroxyl groups excluding tert-OH is 1. The minimum Gasteiger partial charge on any atom is -0.394 e. The van der Waals surface area contributed by atoms with Crippen molar-refractivity contribution in [1.29, 1.82) is 0 Å². The number of fused-ring (bicyclic) bond motifs is 2. The number of amides is 3. The molecular weight excluding hydrogens is 631 g/mol. The van der Waals surface area contributed by atoms with Crippen molar-refractivity contribution >= 4 is 51.6 Å². The highest BCUT2D eigenvalue weighted by Gasteiger charge is 2.74. The van der Waals surface area contributed by atoms with Crippen molar-refractivity contribution in [2.24, 2.45) is 11.8 Å². The van der Waals surface area contributed by atoms with E-state index in [1.165, 1.54) is 0 Å². The molecule has 1 spiro atoms. The number of hydrogen-bond acceptors (Lipinski definition) is 5. The lowest BCUT2D eigenvalue weighted by atomic mass is 9.70. The summed E-state index contributed by atoms with van der Waals surface area (Å²) in [7, 11) is 0. The molecule has 0 radical (unpaired) electrons. The summed E-state index contributed by atoms with van der Waals surface area (Å²) in [4.78, 5) is 50.0. The van der Waals surface area contributed by atoms with Crippen LogP contribution in [0.2, 0.25) is 0 Å². The summed E-state index contributed by atoms with van der Waals surface area (Å²) < 4.78 is -0.823. The molecule has 0 aromatic heterocycles. The van der Waals surface area contributed by atoms with E-state index in [0.717, 1.165) is 28.4 Å². The molecule has 7 nitrogen and oxygen atoms in total. The summed E-state index contributed by atoms with van der Waals surface area (Å²) in [5.41, 5.74) is 2.42. The minimum absolute atomic E-state index is 0.106. The highest BCUT2D eigenvalue weighted by Crippen LogP contribution is 2.67. The lowest BCUT2D eigenvalue weighted by Crippen LogP contribution is -2.58. The maximum absolute atomic E-state index is 15.2. The predicted molar refractivity (Wildman–Crippen MR) is 197 cm³/mol. The zero-order chi connectivity index (χ0) is 34.1.